The van der Waals surface area contributed by atoms with Gasteiger partial charge in [0.05, 0.1) is 0 Å². The van der Waals surface area contributed by atoms with Crippen LogP contribution in [0.1, 0.15) is 6.92 Å². The lowest BCUT2D eigenvalue weighted by Crippen LogP contribution is -2.59. The third-order valence-electron chi connectivity index (χ3n) is 2.84. The number of fused-ring (bicyclic) bond motifs is 1. The van der Waals surface area contributed by atoms with Gasteiger partial charge < -0.3 is 20.8 Å². The molecule has 0 bridgehead atoms. The summed E-state index contributed by atoms with van der Waals surface area (Å²) in [6.07, 6.45) is 1.12. The van der Waals surface area contributed by atoms with E-state index in [1.807, 2.05) is 0 Å². The van der Waals surface area contributed by atoms with E-state index in [-0.39, 0.29) is 0 Å². The Hall–Kier alpha value is -1.40. The van der Waals surface area contributed by atoms with E-state index in [4.69, 9.17) is 10.2 Å². The fourth-order valence-electron chi connectivity index (χ4n) is 1.74. The molecule has 2 aliphatic heterocycles. The average molecular weight is 228 g/mol. The van der Waals surface area contributed by atoms with Gasteiger partial charge in [0.15, 0.2) is 0 Å². The van der Waals surface area contributed by atoms with Crippen LogP contribution in [0.15, 0.2) is 12.2 Å². The van der Waals surface area contributed by atoms with E-state index in [1.165, 1.54) is 19.6 Å². The second-order valence-electron chi connectivity index (χ2n) is 4.23. The lowest BCUT2D eigenvalue weighted by molar-refractivity contribution is -0.134. The standard InChI is InChI=1S/C6H12N2.C4H4O4/c1-6-3-7-2-5(6)8-4-6;5-3(6)1-2-4(7)8/h5,7-8H,2-4H2,1H3;1-2H,(H,5,6)(H,7,8)/b;2-1+. The SMILES string of the molecule is CC12CNCC1NC2.O=C(O)/C=C/C(=O)O. The lowest BCUT2D eigenvalue weighted by atomic mass is 9.78. The number of hydrogen-bond donors (Lipinski definition) is 4. The van der Waals surface area contributed by atoms with Crippen molar-refractivity contribution in [3.63, 3.8) is 0 Å². The minimum atomic E-state index is -1.26. The molecule has 0 saturated carbocycles. The van der Waals surface area contributed by atoms with Crippen LogP contribution in [0.4, 0.5) is 0 Å². The van der Waals surface area contributed by atoms with E-state index in [1.54, 1.807) is 0 Å². The highest BCUT2D eigenvalue weighted by Crippen LogP contribution is 2.31. The van der Waals surface area contributed by atoms with Gasteiger partial charge in [0.2, 0.25) is 0 Å². The van der Waals surface area contributed by atoms with Crippen LogP contribution < -0.4 is 10.6 Å². The quantitative estimate of drug-likeness (QED) is 0.466. The van der Waals surface area contributed by atoms with Crippen molar-refractivity contribution >= 4 is 11.9 Å². The number of nitrogens with one attached hydrogen (secondary N) is 2. The van der Waals surface area contributed by atoms with Gasteiger partial charge in [-0.2, -0.15) is 0 Å². The van der Waals surface area contributed by atoms with Crippen LogP contribution in [-0.4, -0.2) is 47.8 Å². The Balaban J connectivity index is 0.000000160. The van der Waals surface area contributed by atoms with Crippen molar-refractivity contribution < 1.29 is 19.8 Å². The molecule has 6 heteroatoms. The summed E-state index contributed by atoms with van der Waals surface area (Å²) in [4.78, 5) is 19.1. The van der Waals surface area contributed by atoms with Crippen LogP contribution in [0.2, 0.25) is 0 Å². The zero-order chi connectivity index (χ0) is 12.2. The van der Waals surface area contributed by atoms with Crippen molar-refractivity contribution in [2.24, 2.45) is 5.41 Å². The Kier molecular flexibility index (Phi) is 4.03. The number of aliphatic carboxylic acids is 2. The van der Waals surface area contributed by atoms with Crippen LogP contribution in [0.5, 0.6) is 0 Å². The topological polar surface area (TPSA) is 98.7 Å². The van der Waals surface area contributed by atoms with Crippen LogP contribution in [0.3, 0.4) is 0 Å². The van der Waals surface area contributed by atoms with E-state index in [0.717, 1.165) is 6.04 Å². The van der Waals surface area contributed by atoms with Crippen LogP contribution in [-0.2, 0) is 9.59 Å². The van der Waals surface area contributed by atoms with E-state index in [0.29, 0.717) is 17.6 Å². The fraction of sp³-hybridized carbons (Fsp3) is 0.600. The van der Waals surface area contributed by atoms with Crippen LogP contribution in [0, 0.1) is 5.41 Å². The Bertz CT molecular complexity index is 300. The van der Waals surface area contributed by atoms with Gasteiger partial charge in [-0.1, -0.05) is 6.92 Å². The normalized spacial score (nSPS) is 31.2. The zero-order valence-corrected chi connectivity index (χ0v) is 9.06. The molecule has 16 heavy (non-hydrogen) atoms. The molecule has 2 rings (SSSR count). The molecule has 90 valence electrons. The average Bonchev–Trinajstić information content (AvgIpc) is 2.43. The van der Waals surface area contributed by atoms with Crippen molar-refractivity contribution in [2.75, 3.05) is 19.6 Å². The van der Waals surface area contributed by atoms with Crippen molar-refractivity contribution in [3.8, 4) is 0 Å². The summed E-state index contributed by atoms with van der Waals surface area (Å²) in [6.45, 7) is 5.94. The number of carboxylic acid groups (broad SMARTS) is 2. The molecule has 0 amide bonds. The monoisotopic (exact) mass is 228 g/mol. The Morgan fingerprint density at radius 2 is 1.81 bits per heavy atom. The summed E-state index contributed by atoms with van der Waals surface area (Å²) in [5.74, 6) is -2.51. The first kappa shape index (κ1) is 12.7. The molecule has 2 heterocycles. The van der Waals surface area contributed by atoms with Crippen molar-refractivity contribution in [1.29, 1.82) is 0 Å². The maximum Gasteiger partial charge on any atom is 0.328 e. The smallest absolute Gasteiger partial charge is 0.328 e. The molecular weight excluding hydrogens is 212 g/mol. The molecule has 2 unspecified atom stereocenters. The third kappa shape index (κ3) is 3.32. The van der Waals surface area contributed by atoms with Gasteiger partial charge in [-0.15, -0.1) is 0 Å². The number of hydrogen-bond acceptors (Lipinski definition) is 4. The summed E-state index contributed by atoms with van der Waals surface area (Å²) in [5.41, 5.74) is 0.611. The van der Waals surface area contributed by atoms with Gasteiger partial charge in [0.1, 0.15) is 0 Å². The first-order valence-corrected chi connectivity index (χ1v) is 5.02. The maximum atomic E-state index is 9.55. The van der Waals surface area contributed by atoms with E-state index in [9.17, 15) is 9.59 Å². The molecule has 2 fully saturated rings. The summed E-state index contributed by atoms with van der Waals surface area (Å²) < 4.78 is 0. The minimum Gasteiger partial charge on any atom is -0.478 e. The molecule has 0 radical (unpaired) electrons. The van der Waals surface area contributed by atoms with Gasteiger partial charge in [0.25, 0.3) is 0 Å². The molecule has 4 N–H and O–H groups in total. The summed E-state index contributed by atoms with van der Waals surface area (Å²) in [7, 11) is 0. The molecule has 0 spiro atoms. The molecule has 2 atom stereocenters. The van der Waals surface area contributed by atoms with Gasteiger partial charge in [-0.05, 0) is 0 Å². The molecule has 0 aromatic rings. The highest BCUT2D eigenvalue weighted by atomic mass is 16.4. The predicted molar refractivity (Wildman–Crippen MR) is 57.2 cm³/mol. The van der Waals surface area contributed by atoms with E-state index in [2.05, 4.69) is 17.6 Å². The first-order chi connectivity index (χ1) is 7.44. The maximum absolute atomic E-state index is 9.55. The second kappa shape index (κ2) is 5.09. The van der Waals surface area contributed by atoms with Gasteiger partial charge >= 0.3 is 11.9 Å². The molecule has 6 nitrogen and oxygen atoms in total. The summed E-state index contributed by atoms with van der Waals surface area (Å²) in [6, 6.07) is 0.780. The fourth-order valence-corrected chi connectivity index (χ4v) is 1.74. The van der Waals surface area contributed by atoms with Crippen LogP contribution in [0.25, 0.3) is 0 Å². The molecule has 0 aromatic carbocycles. The number of carboxylic acids is 2. The third-order valence-corrected chi connectivity index (χ3v) is 2.84. The van der Waals surface area contributed by atoms with Gasteiger partial charge in [0, 0.05) is 43.2 Å². The first-order valence-electron chi connectivity index (χ1n) is 5.02. The number of rotatable bonds is 2. The molecule has 0 aliphatic carbocycles. The zero-order valence-electron chi connectivity index (χ0n) is 9.06. The predicted octanol–water partition coefficient (Wildman–Crippen LogP) is -0.720. The van der Waals surface area contributed by atoms with E-state index >= 15 is 0 Å². The Labute approximate surface area is 93.3 Å². The lowest BCUT2D eigenvalue weighted by Gasteiger charge is -2.42. The molecular formula is C10H16N2O4. The van der Waals surface area contributed by atoms with Crippen molar-refractivity contribution in [2.45, 2.75) is 13.0 Å². The van der Waals surface area contributed by atoms with Gasteiger partial charge in [-0.3, -0.25) is 0 Å². The second-order valence-corrected chi connectivity index (χ2v) is 4.23. The summed E-state index contributed by atoms with van der Waals surface area (Å²) in [5, 5.41) is 22.4. The highest BCUT2D eigenvalue weighted by molar-refractivity contribution is 5.89. The largest absolute Gasteiger partial charge is 0.478 e. The molecule has 2 aliphatic rings. The van der Waals surface area contributed by atoms with Crippen molar-refractivity contribution in [3.05, 3.63) is 12.2 Å². The Morgan fingerprint density at radius 3 is 2.00 bits per heavy atom. The van der Waals surface area contributed by atoms with Crippen LogP contribution >= 0.6 is 0 Å². The highest BCUT2D eigenvalue weighted by Gasteiger charge is 2.45. The Morgan fingerprint density at radius 1 is 1.25 bits per heavy atom. The van der Waals surface area contributed by atoms with E-state index < -0.39 is 11.9 Å². The van der Waals surface area contributed by atoms with Crippen molar-refractivity contribution in [1.82, 2.24) is 10.6 Å². The minimum absolute atomic E-state index is 0.558. The molecule has 2 saturated heterocycles. The van der Waals surface area contributed by atoms with Gasteiger partial charge in [-0.25, -0.2) is 9.59 Å². The number of carbonyl (C=O) groups is 2. The molecule has 0 aromatic heterocycles. The summed E-state index contributed by atoms with van der Waals surface area (Å²) >= 11 is 0.